The highest BCUT2D eigenvalue weighted by Crippen LogP contribution is 2.22. The number of likely N-dealkylation sites (tertiary alicyclic amines) is 1. The third-order valence-corrected chi connectivity index (χ3v) is 5.24. The van der Waals surface area contributed by atoms with E-state index in [1.807, 2.05) is 6.07 Å². The van der Waals surface area contributed by atoms with Crippen LogP contribution in [-0.4, -0.2) is 55.7 Å². The summed E-state index contributed by atoms with van der Waals surface area (Å²) in [5.74, 6) is 0.534. The van der Waals surface area contributed by atoms with Gasteiger partial charge in [-0.2, -0.15) is 0 Å². The molecule has 1 aromatic rings. The molecule has 0 radical (unpaired) electrons. The molecular formula is C19H30N4O. The van der Waals surface area contributed by atoms with E-state index >= 15 is 0 Å². The average molecular weight is 330 g/mol. The zero-order chi connectivity index (χ0) is 16.9. The molecule has 2 aliphatic heterocycles. The van der Waals surface area contributed by atoms with Crippen molar-refractivity contribution in [1.29, 1.82) is 0 Å². The van der Waals surface area contributed by atoms with E-state index < -0.39 is 0 Å². The van der Waals surface area contributed by atoms with Gasteiger partial charge in [-0.25, -0.2) is 4.79 Å². The number of rotatable bonds is 5. The molecule has 2 aliphatic rings. The molecule has 24 heavy (non-hydrogen) atoms. The molecule has 0 aliphatic carbocycles. The minimum absolute atomic E-state index is 0.0104. The Kier molecular flexibility index (Phi) is 5.61. The van der Waals surface area contributed by atoms with Gasteiger partial charge in [0.2, 0.25) is 0 Å². The van der Waals surface area contributed by atoms with Gasteiger partial charge < -0.3 is 15.5 Å². The molecule has 3 rings (SSSR count). The maximum absolute atomic E-state index is 12.1. The van der Waals surface area contributed by atoms with Crippen molar-refractivity contribution in [2.75, 3.05) is 37.6 Å². The van der Waals surface area contributed by atoms with E-state index in [1.165, 1.54) is 5.69 Å². The van der Waals surface area contributed by atoms with Gasteiger partial charge in [0.15, 0.2) is 0 Å². The van der Waals surface area contributed by atoms with Crippen LogP contribution in [0.15, 0.2) is 30.3 Å². The van der Waals surface area contributed by atoms with Gasteiger partial charge >= 0.3 is 6.03 Å². The van der Waals surface area contributed by atoms with Gasteiger partial charge in [0.1, 0.15) is 0 Å². The van der Waals surface area contributed by atoms with Crippen molar-refractivity contribution in [2.45, 2.75) is 38.8 Å². The molecule has 0 aromatic heterocycles. The second kappa shape index (κ2) is 7.88. The second-order valence-electron chi connectivity index (χ2n) is 7.36. The van der Waals surface area contributed by atoms with Gasteiger partial charge in [-0.05, 0) is 44.7 Å². The average Bonchev–Trinajstić information content (AvgIpc) is 3.23. The van der Waals surface area contributed by atoms with E-state index in [0.717, 1.165) is 45.6 Å². The minimum Gasteiger partial charge on any atom is -0.371 e. The fourth-order valence-corrected chi connectivity index (χ4v) is 3.72. The van der Waals surface area contributed by atoms with Crippen molar-refractivity contribution in [2.24, 2.45) is 5.92 Å². The summed E-state index contributed by atoms with van der Waals surface area (Å²) in [5.41, 5.74) is 1.28. The molecule has 0 bridgehead atoms. The van der Waals surface area contributed by atoms with Crippen LogP contribution in [0.4, 0.5) is 10.5 Å². The molecule has 2 saturated heterocycles. The lowest BCUT2D eigenvalue weighted by Crippen LogP contribution is -2.45. The molecule has 2 atom stereocenters. The normalized spacial score (nSPS) is 24.5. The Balaban J connectivity index is 1.37. The van der Waals surface area contributed by atoms with Crippen molar-refractivity contribution in [1.82, 2.24) is 15.5 Å². The molecule has 2 heterocycles. The van der Waals surface area contributed by atoms with Crippen LogP contribution in [0.5, 0.6) is 0 Å². The van der Waals surface area contributed by atoms with E-state index in [4.69, 9.17) is 0 Å². The van der Waals surface area contributed by atoms with Crippen LogP contribution in [0.3, 0.4) is 0 Å². The largest absolute Gasteiger partial charge is 0.371 e. The highest BCUT2D eigenvalue weighted by molar-refractivity contribution is 5.74. The lowest BCUT2D eigenvalue weighted by Gasteiger charge is -2.21. The Morgan fingerprint density at radius 1 is 1.17 bits per heavy atom. The fourth-order valence-electron chi connectivity index (χ4n) is 3.72. The molecular weight excluding hydrogens is 300 g/mol. The predicted molar refractivity (Wildman–Crippen MR) is 98.4 cm³/mol. The summed E-state index contributed by atoms with van der Waals surface area (Å²) in [4.78, 5) is 17.0. The first-order chi connectivity index (χ1) is 11.6. The van der Waals surface area contributed by atoms with Crippen LogP contribution in [0, 0.1) is 5.92 Å². The van der Waals surface area contributed by atoms with E-state index in [-0.39, 0.29) is 12.1 Å². The Hall–Kier alpha value is -1.75. The molecule has 0 unspecified atom stereocenters. The van der Waals surface area contributed by atoms with Crippen molar-refractivity contribution >= 4 is 11.7 Å². The van der Waals surface area contributed by atoms with Crippen LogP contribution in [-0.2, 0) is 0 Å². The molecule has 132 valence electrons. The molecule has 2 amide bonds. The first-order valence-electron chi connectivity index (χ1n) is 9.20. The molecule has 5 heteroatoms. The molecule has 2 N–H and O–H groups in total. The fraction of sp³-hybridized carbons (Fsp3) is 0.632. The quantitative estimate of drug-likeness (QED) is 0.871. The Bertz CT molecular complexity index is 533. The monoisotopic (exact) mass is 330 g/mol. The van der Waals surface area contributed by atoms with Gasteiger partial charge in [-0.15, -0.1) is 0 Å². The zero-order valence-electron chi connectivity index (χ0n) is 14.9. The zero-order valence-corrected chi connectivity index (χ0v) is 14.9. The molecule has 5 nitrogen and oxygen atoms in total. The van der Waals surface area contributed by atoms with Crippen LogP contribution < -0.4 is 15.5 Å². The van der Waals surface area contributed by atoms with Gasteiger partial charge in [0.05, 0.1) is 0 Å². The predicted octanol–water partition coefficient (Wildman–Crippen LogP) is 2.29. The number of hydrogen-bond acceptors (Lipinski definition) is 3. The third kappa shape index (κ3) is 4.41. The van der Waals surface area contributed by atoms with Gasteiger partial charge in [0.25, 0.3) is 0 Å². The Morgan fingerprint density at radius 3 is 2.67 bits per heavy atom. The highest BCUT2D eigenvalue weighted by atomic mass is 16.2. The molecule has 0 spiro atoms. The SMILES string of the molecule is CC(C)N1CC[C@@H](NC(=O)NC[C@H]2CCN(c3ccccc3)C2)C1. The molecule has 2 fully saturated rings. The van der Waals surface area contributed by atoms with E-state index in [9.17, 15) is 4.79 Å². The molecule has 1 aromatic carbocycles. The van der Waals surface area contributed by atoms with Crippen LogP contribution in [0.2, 0.25) is 0 Å². The number of nitrogens with zero attached hydrogens (tertiary/aromatic N) is 2. The van der Waals surface area contributed by atoms with Crippen LogP contribution in [0.1, 0.15) is 26.7 Å². The lowest BCUT2D eigenvalue weighted by atomic mass is 10.1. The van der Waals surface area contributed by atoms with Crippen molar-refractivity contribution < 1.29 is 4.79 Å². The Morgan fingerprint density at radius 2 is 1.96 bits per heavy atom. The number of benzene rings is 1. The van der Waals surface area contributed by atoms with E-state index in [2.05, 4.69) is 58.5 Å². The van der Waals surface area contributed by atoms with Crippen molar-refractivity contribution in [3.63, 3.8) is 0 Å². The lowest BCUT2D eigenvalue weighted by molar-refractivity contribution is 0.232. The number of carbonyl (C=O) groups excluding carboxylic acids is 1. The van der Waals surface area contributed by atoms with Crippen molar-refractivity contribution in [3.05, 3.63) is 30.3 Å². The smallest absolute Gasteiger partial charge is 0.315 e. The van der Waals surface area contributed by atoms with Crippen LogP contribution in [0.25, 0.3) is 0 Å². The number of para-hydroxylation sites is 1. The summed E-state index contributed by atoms with van der Waals surface area (Å²) in [6, 6.07) is 11.4. The maximum atomic E-state index is 12.1. The topological polar surface area (TPSA) is 47.6 Å². The summed E-state index contributed by atoms with van der Waals surface area (Å²) < 4.78 is 0. The highest BCUT2D eigenvalue weighted by Gasteiger charge is 2.26. The first kappa shape index (κ1) is 17.1. The number of anilines is 1. The van der Waals surface area contributed by atoms with Gasteiger partial charge in [0, 0.05) is 50.5 Å². The van der Waals surface area contributed by atoms with Gasteiger partial charge in [-0.1, -0.05) is 18.2 Å². The molecule has 0 saturated carbocycles. The summed E-state index contributed by atoms with van der Waals surface area (Å²) in [6.07, 6.45) is 2.19. The van der Waals surface area contributed by atoms with Crippen molar-refractivity contribution in [3.8, 4) is 0 Å². The first-order valence-corrected chi connectivity index (χ1v) is 9.20. The van der Waals surface area contributed by atoms with Crippen LogP contribution >= 0.6 is 0 Å². The van der Waals surface area contributed by atoms with Gasteiger partial charge in [-0.3, -0.25) is 4.90 Å². The summed E-state index contributed by atoms with van der Waals surface area (Å²) in [7, 11) is 0. The summed E-state index contributed by atoms with van der Waals surface area (Å²) in [5, 5.41) is 6.20. The standard InChI is InChI=1S/C19H30N4O/c1-15(2)22-11-9-17(14-22)21-19(24)20-12-16-8-10-23(13-16)18-6-4-3-5-7-18/h3-7,15-17H,8-14H2,1-2H3,(H2,20,21,24)/t16-,17-/m1/s1. The third-order valence-electron chi connectivity index (χ3n) is 5.24. The second-order valence-corrected chi connectivity index (χ2v) is 7.36. The summed E-state index contributed by atoms with van der Waals surface area (Å²) in [6.45, 7) is 9.32. The van der Waals surface area contributed by atoms with E-state index in [0.29, 0.717) is 12.0 Å². The number of hydrogen-bond donors (Lipinski definition) is 2. The number of amides is 2. The minimum atomic E-state index is -0.0104. The number of carbonyl (C=O) groups is 1. The Labute approximate surface area is 145 Å². The number of urea groups is 1. The maximum Gasteiger partial charge on any atom is 0.315 e. The number of nitrogens with one attached hydrogen (secondary N) is 2. The van der Waals surface area contributed by atoms with E-state index in [1.54, 1.807) is 0 Å². The summed E-state index contributed by atoms with van der Waals surface area (Å²) >= 11 is 0.